The fourth-order valence-electron chi connectivity index (χ4n) is 2.73. The standard InChI is InChI=1S/C15H32N2O/c1-7-8-13(11-16-15(3,4)5)17(6)14-9-10-18-12(14)2/h12-14,16H,7-11H2,1-6H3. The van der Waals surface area contributed by atoms with Crippen molar-refractivity contribution >= 4 is 0 Å². The van der Waals surface area contributed by atoms with Crippen LogP contribution in [0.3, 0.4) is 0 Å². The van der Waals surface area contributed by atoms with Gasteiger partial charge in [-0.05, 0) is 47.6 Å². The van der Waals surface area contributed by atoms with Gasteiger partial charge >= 0.3 is 0 Å². The van der Waals surface area contributed by atoms with Crippen molar-refractivity contribution < 1.29 is 4.74 Å². The van der Waals surface area contributed by atoms with E-state index < -0.39 is 0 Å². The smallest absolute Gasteiger partial charge is 0.0703 e. The SMILES string of the molecule is CCCC(CNC(C)(C)C)N(C)C1CCOC1C. The molecule has 3 atom stereocenters. The Morgan fingerprint density at radius 3 is 2.50 bits per heavy atom. The molecule has 3 unspecified atom stereocenters. The van der Waals surface area contributed by atoms with Gasteiger partial charge in [0.05, 0.1) is 6.10 Å². The molecule has 1 rings (SSSR count). The Morgan fingerprint density at radius 2 is 2.06 bits per heavy atom. The van der Waals surface area contributed by atoms with Crippen molar-refractivity contribution in [3.05, 3.63) is 0 Å². The van der Waals surface area contributed by atoms with E-state index in [-0.39, 0.29) is 5.54 Å². The Kier molecular flexibility index (Phi) is 6.09. The van der Waals surface area contributed by atoms with Crippen LogP contribution in [0.5, 0.6) is 0 Å². The van der Waals surface area contributed by atoms with Crippen molar-refractivity contribution in [2.75, 3.05) is 20.2 Å². The summed E-state index contributed by atoms with van der Waals surface area (Å²) in [6.07, 6.45) is 4.04. The highest BCUT2D eigenvalue weighted by atomic mass is 16.5. The van der Waals surface area contributed by atoms with Gasteiger partial charge in [0.25, 0.3) is 0 Å². The molecule has 18 heavy (non-hydrogen) atoms. The first-order valence-electron chi connectivity index (χ1n) is 7.43. The van der Waals surface area contributed by atoms with Gasteiger partial charge in [-0.25, -0.2) is 0 Å². The summed E-state index contributed by atoms with van der Waals surface area (Å²) in [5, 5.41) is 3.64. The summed E-state index contributed by atoms with van der Waals surface area (Å²) in [7, 11) is 2.26. The molecule has 0 aliphatic carbocycles. The maximum atomic E-state index is 5.70. The van der Waals surface area contributed by atoms with Crippen LogP contribution in [0.25, 0.3) is 0 Å². The molecule has 0 bridgehead atoms. The van der Waals surface area contributed by atoms with Crippen LogP contribution in [0.1, 0.15) is 53.9 Å². The number of hydrogen-bond donors (Lipinski definition) is 1. The normalized spacial score (nSPS) is 26.8. The van der Waals surface area contributed by atoms with E-state index in [1.807, 2.05) is 0 Å². The molecule has 1 aliphatic heterocycles. The Bertz CT molecular complexity index is 237. The number of nitrogens with zero attached hydrogens (tertiary/aromatic N) is 1. The molecule has 1 heterocycles. The van der Waals surface area contributed by atoms with Crippen LogP contribution in [0.4, 0.5) is 0 Å². The van der Waals surface area contributed by atoms with Gasteiger partial charge in [-0.3, -0.25) is 4.90 Å². The van der Waals surface area contributed by atoms with Crippen LogP contribution < -0.4 is 5.32 Å². The van der Waals surface area contributed by atoms with Crippen LogP contribution >= 0.6 is 0 Å². The van der Waals surface area contributed by atoms with Crippen LogP contribution in [0, 0.1) is 0 Å². The van der Waals surface area contributed by atoms with Gasteiger partial charge in [0.2, 0.25) is 0 Å². The molecule has 108 valence electrons. The largest absolute Gasteiger partial charge is 0.377 e. The fraction of sp³-hybridized carbons (Fsp3) is 1.00. The van der Waals surface area contributed by atoms with Gasteiger partial charge < -0.3 is 10.1 Å². The second kappa shape index (κ2) is 6.88. The third-order valence-electron chi connectivity index (χ3n) is 3.93. The molecule has 1 fully saturated rings. The molecule has 0 aromatic heterocycles. The predicted molar refractivity (Wildman–Crippen MR) is 78.0 cm³/mol. The van der Waals surface area contributed by atoms with E-state index in [9.17, 15) is 0 Å². The average molecular weight is 256 g/mol. The summed E-state index contributed by atoms with van der Waals surface area (Å²) in [5.74, 6) is 0. The van der Waals surface area contributed by atoms with E-state index in [0.717, 1.165) is 13.2 Å². The maximum absolute atomic E-state index is 5.70. The number of rotatable bonds is 6. The van der Waals surface area contributed by atoms with E-state index in [1.54, 1.807) is 0 Å². The highest BCUT2D eigenvalue weighted by Gasteiger charge is 2.31. The van der Waals surface area contributed by atoms with E-state index in [4.69, 9.17) is 4.74 Å². The first-order valence-corrected chi connectivity index (χ1v) is 7.43. The van der Waals surface area contributed by atoms with Gasteiger partial charge in [-0.15, -0.1) is 0 Å². The molecule has 3 heteroatoms. The molecular formula is C15H32N2O. The minimum absolute atomic E-state index is 0.199. The van der Waals surface area contributed by atoms with Gasteiger partial charge in [0.1, 0.15) is 0 Å². The molecule has 0 saturated carbocycles. The fourth-order valence-corrected chi connectivity index (χ4v) is 2.73. The van der Waals surface area contributed by atoms with E-state index in [2.05, 4.69) is 51.9 Å². The lowest BCUT2D eigenvalue weighted by molar-refractivity contribution is 0.0637. The summed E-state index contributed by atoms with van der Waals surface area (Å²) in [6.45, 7) is 13.2. The molecule has 1 N–H and O–H groups in total. The van der Waals surface area contributed by atoms with Gasteiger partial charge in [0.15, 0.2) is 0 Å². The topological polar surface area (TPSA) is 24.5 Å². The van der Waals surface area contributed by atoms with Crippen LogP contribution in [-0.2, 0) is 4.74 Å². The van der Waals surface area contributed by atoms with Crippen molar-refractivity contribution in [1.29, 1.82) is 0 Å². The number of ether oxygens (including phenoxy) is 1. The van der Waals surface area contributed by atoms with E-state index in [0.29, 0.717) is 18.2 Å². The summed E-state index contributed by atoms with van der Waals surface area (Å²) in [5.41, 5.74) is 0.199. The molecule has 0 aromatic carbocycles. The lowest BCUT2D eigenvalue weighted by atomic mass is 10.0. The highest BCUT2D eigenvalue weighted by molar-refractivity contribution is 4.86. The zero-order chi connectivity index (χ0) is 13.8. The minimum atomic E-state index is 0.199. The molecule has 0 spiro atoms. The third kappa shape index (κ3) is 4.87. The summed E-state index contributed by atoms with van der Waals surface area (Å²) < 4.78 is 5.70. The highest BCUT2D eigenvalue weighted by Crippen LogP contribution is 2.21. The van der Waals surface area contributed by atoms with Crippen molar-refractivity contribution in [3.8, 4) is 0 Å². The molecule has 1 saturated heterocycles. The first-order chi connectivity index (χ1) is 8.35. The molecule has 0 radical (unpaired) electrons. The Labute approximate surface area is 113 Å². The lowest BCUT2D eigenvalue weighted by Gasteiger charge is -2.36. The average Bonchev–Trinajstić information content (AvgIpc) is 2.68. The lowest BCUT2D eigenvalue weighted by Crippen LogP contribution is -2.51. The van der Waals surface area contributed by atoms with Crippen LogP contribution in [-0.4, -0.2) is 48.8 Å². The van der Waals surface area contributed by atoms with Crippen molar-refractivity contribution in [2.45, 2.75) is 77.6 Å². The Morgan fingerprint density at radius 1 is 1.39 bits per heavy atom. The first kappa shape index (κ1) is 15.9. The zero-order valence-corrected chi connectivity index (χ0v) is 13.1. The second-order valence-corrected chi connectivity index (χ2v) is 6.67. The second-order valence-electron chi connectivity index (χ2n) is 6.67. The number of nitrogens with one attached hydrogen (secondary N) is 1. The Hall–Kier alpha value is -0.120. The molecule has 0 amide bonds. The summed E-state index contributed by atoms with van der Waals surface area (Å²) in [4.78, 5) is 2.54. The molecule has 1 aliphatic rings. The summed E-state index contributed by atoms with van der Waals surface area (Å²) in [6, 6.07) is 1.20. The molecule has 0 aromatic rings. The zero-order valence-electron chi connectivity index (χ0n) is 13.1. The minimum Gasteiger partial charge on any atom is -0.377 e. The monoisotopic (exact) mass is 256 g/mol. The van der Waals surface area contributed by atoms with E-state index >= 15 is 0 Å². The van der Waals surface area contributed by atoms with Crippen LogP contribution in [0.2, 0.25) is 0 Å². The maximum Gasteiger partial charge on any atom is 0.0703 e. The van der Waals surface area contributed by atoms with Crippen molar-refractivity contribution in [2.24, 2.45) is 0 Å². The summed E-state index contributed by atoms with van der Waals surface area (Å²) >= 11 is 0. The van der Waals surface area contributed by atoms with Gasteiger partial charge in [-0.1, -0.05) is 13.3 Å². The van der Waals surface area contributed by atoms with Crippen LogP contribution in [0.15, 0.2) is 0 Å². The predicted octanol–water partition coefficient (Wildman–Crippen LogP) is 2.65. The van der Waals surface area contributed by atoms with E-state index in [1.165, 1.54) is 19.3 Å². The number of likely N-dealkylation sites (N-methyl/N-ethyl adjacent to an activating group) is 1. The third-order valence-corrected chi connectivity index (χ3v) is 3.93. The molecular weight excluding hydrogens is 224 g/mol. The van der Waals surface area contributed by atoms with Crippen molar-refractivity contribution in [3.63, 3.8) is 0 Å². The van der Waals surface area contributed by atoms with Gasteiger partial charge in [-0.2, -0.15) is 0 Å². The Balaban J connectivity index is 2.54. The quantitative estimate of drug-likeness (QED) is 0.791. The van der Waals surface area contributed by atoms with Crippen molar-refractivity contribution in [1.82, 2.24) is 10.2 Å². The number of hydrogen-bond acceptors (Lipinski definition) is 3. The van der Waals surface area contributed by atoms with Gasteiger partial charge in [0, 0.05) is 30.8 Å². The molecule has 3 nitrogen and oxygen atoms in total.